The van der Waals surface area contributed by atoms with Gasteiger partial charge in [0, 0.05) is 35.5 Å². The van der Waals surface area contributed by atoms with Crippen molar-refractivity contribution in [3.63, 3.8) is 0 Å². The zero-order valence-corrected chi connectivity index (χ0v) is 19.8. The molecule has 2 aliphatic heterocycles. The SMILES string of the molecule is Cc1ccc(-n2cccc2[C@@H]2[C@H](c3ccccn3)NC(=S)N2c2ccc3c(c2)OCO3)cc1C. The summed E-state index contributed by atoms with van der Waals surface area (Å²) >= 11 is 5.88. The molecule has 0 unspecified atom stereocenters. The average molecular weight is 469 g/mol. The molecule has 0 spiro atoms. The van der Waals surface area contributed by atoms with Crippen LogP contribution in [-0.4, -0.2) is 21.5 Å². The summed E-state index contributed by atoms with van der Waals surface area (Å²) in [4.78, 5) is 6.82. The second kappa shape index (κ2) is 8.18. The fourth-order valence-corrected chi connectivity index (χ4v) is 5.06. The van der Waals surface area contributed by atoms with Crippen LogP contribution in [0.5, 0.6) is 11.5 Å². The normalized spacial score (nSPS) is 18.9. The van der Waals surface area contributed by atoms with Crippen molar-refractivity contribution in [2.75, 3.05) is 11.7 Å². The molecule has 1 N–H and O–H groups in total. The number of rotatable bonds is 4. The number of aryl methyl sites for hydroxylation is 2. The molecule has 170 valence electrons. The molecule has 4 heterocycles. The third-order valence-corrected chi connectivity index (χ3v) is 6.90. The quantitative estimate of drug-likeness (QED) is 0.405. The molecular weight excluding hydrogens is 444 g/mol. The largest absolute Gasteiger partial charge is 0.454 e. The molecule has 1 fully saturated rings. The molecule has 4 aromatic rings. The van der Waals surface area contributed by atoms with Gasteiger partial charge in [-0.1, -0.05) is 12.1 Å². The number of fused-ring (bicyclic) bond motifs is 1. The van der Waals surface area contributed by atoms with Gasteiger partial charge in [-0.3, -0.25) is 4.98 Å². The Bertz CT molecular complexity index is 1380. The molecule has 1 saturated heterocycles. The molecule has 0 amide bonds. The van der Waals surface area contributed by atoms with Gasteiger partial charge in [-0.15, -0.1) is 0 Å². The Morgan fingerprint density at radius 3 is 2.59 bits per heavy atom. The molecule has 0 aliphatic carbocycles. The zero-order valence-electron chi connectivity index (χ0n) is 18.9. The number of pyridine rings is 1. The second-order valence-corrected chi connectivity index (χ2v) is 8.99. The first kappa shape index (κ1) is 20.7. The monoisotopic (exact) mass is 468 g/mol. The first-order chi connectivity index (χ1) is 16.6. The topological polar surface area (TPSA) is 51.6 Å². The highest BCUT2D eigenvalue weighted by Gasteiger charge is 2.42. The van der Waals surface area contributed by atoms with E-state index in [2.05, 4.69) is 70.1 Å². The van der Waals surface area contributed by atoms with E-state index in [4.69, 9.17) is 21.7 Å². The molecule has 7 heteroatoms. The molecule has 2 aromatic heterocycles. The minimum Gasteiger partial charge on any atom is -0.454 e. The van der Waals surface area contributed by atoms with E-state index in [9.17, 15) is 0 Å². The van der Waals surface area contributed by atoms with Crippen LogP contribution >= 0.6 is 12.2 Å². The van der Waals surface area contributed by atoms with Gasteiger partial charge in [0.05, 0.1) is 11.7 Å². The first-order valence-electron chi connectivity index (χ1n) is 11.3. The Kier molecular flexibility index (Phi) is 4.99. The minimum absolute atomic E-state index is 0.126. The lowest BCUT2D eigenvalue weighted by Gasteiger charge is -2.29. The highest BCUT2D eigenvalue weighted by molar-refractivity contribution is 7.80. The van der Waals surface area contributed by atoms with E-state index in [1.165, 1.54) is 11.1 Å². The maximum atomic E-state index is 5.88. The molecule has 0 saturated carbocycles. The maximum absolute atomic E-state index is 5.88. The van der Waals surface area contributed by atoms with Gasteiger partial charge in [-0.05, 0) is 85.7 Å². The summed E-state index contributed by atoms with van der Waals surface area (Å²) < 4.78 is 13.4. The average Bonchev–Trinajstić information content (AvgIpc) is 3.59. The standard InChI is InChI=1S/C27H24N4O2S/c1-17-8-9-19(14-18(17)2)30-13-5-7-22(30)26-25(21-6-3-4-12-28-21)29-27(34)31(26)20-10-11-23-24(15-20)33-16-32-23/h3-15,25-26H,16H2,1-2H3,(H,29,34)/t25-,26+/m0/s1. The van der Waals surface area contributed by atoms with E-state index in [-0.39, 0.29) is 18.9 Å². The van der Waals surface area contributed by atoms with Crippen LogP contribution in [0.2, 0.25) is 0 Å². The highest BCUT2D eigenvalue weighted by Crippen LogP contribution is 2.44. The number of thiocarbonyl (C=S) groups is 1. The van der Waals surface area contributed by atoms with Crippen LogP contribution in [0.1, 0.15) is 34.6 Å². The van der Waals surface area contributed by atoms with Gasteiger partial charge < -0.3 is 24.3 Å². The van der Waals surface area contributed by atoms with Crippen LogP contribution in [0, 0.1) is 13.8 Å². The van der Waals surface area contributed by atoms with E-state index in [1.807, 2.05) is 42.6 Å². The number of nitrogens with one attached hydrogen (secondary N) is 1. The van der Waals surface area contributed by atoms with E-state index in [1.54, 1.807) is 0 Å². The fraction of sp³-hybridized carbons (Fsp3) is 0.185. The Hall–Kier alpha value is -3.84. The number of ether oxygens (including phenoxy) is 2. The van der Waals surface area contributed by atoms with Crippen molar-refractivity contribution in [1.82, 2.24) is 14.9 Å². The highest BCUT2D eigenvalue weighted by atomic mass is 32.1. The molecule has 6 nitrogen and oxygen atoms in total. The van der Waals surface area contributed by atoms with Crippen LogP contribution in [0.4, 0.5) is 5.69 Å². The van der Waals surface area contributed by atoms with Crippen molar-refractivity contribution < 1.29 is 9.47 Å². The Morgan fingerprint density at radius 2 is 1.76 bits per heavy atom. The summed E-state index contributed by atoms with van der Waals surface area (Å²) in [6.45, 7) is 4.51. The van der Waals surface area contributed by atoms with Gasteiger partial charge in [0.1, 0.15) is 6.04 Å². The van der Waals surface area contributed by atoms with Gasteiger partial charge in [-0.2, -0.15) is 0 Å². The van der Waals surface area contributed by atoms with Gasteiger partial charge >= 0.3 is 0 Å². The third kappa shape index (κ3) is 3.40. The number of benzene rings is 2. The number of hydrogen-bond donors (Lipinski definition) is 1. The lowest BCUT2D eigenvalue weighted by Crippen LogP contribution is -2.30. The number of hydrogen-bond acceptors (Lipinski definition) is 4. The third-order valence-electron chi connectivity index (χ3n) is 6.58. The number of anilines is 1. The minimum atomic E-state index is -0.126. The van der Waals surface area contributed by atoms with Gasteiger partial charge in [0.15, 0.2) is 16.6 Å². The molecule has 34 heavy (non-hydrogen) atoms. The van der Waals surface area contributed by atoms with Crippen LogP contribution in [0.25, 0.3) is 5.69 Å². The Labute approximate surface area is 203 Å². The van der Waals surface area contributed by atoms with Gasteiger partial charge in [-0.25, -0.2) is 0 Å². The van der Waals surface area contributed by atoms with E-state index < -0.39 is 0 Å². The molecule has 6 rings (SSSR count). The summed E-state index contributed by atoms with van der Waals surface area (Å²) in [5.74, 6) is 1.48. The molecule has 2 aromatic carbocycles. The first-order valence-corrected chi connectivity index (χ1v) is 11.7. The Morgan fingerprint density at radius 1 is 0.912 bits per heavy atom. The van der Waals surface area contributed by atoms with Crippen LogP contribution in [-0.2, 0) is 0 Å². The van der Waals surface area contributed by atoms with Crippen molar-refractivity contribution in [3.8, 4) is 17.2 Å². The Balaban J connectivity index is 1.50. The summed E-state index contributed by atoms with van der Waals surface area (Å²) in [5.41, 5.74) is 6.64. The van der Waals surface area contributed by atoms with E-state index in [0.717, 1.165) is 34.3 Å². The summed E-state index contributed by atoms with van der Waals surface area (Å²) in [6.07, 6.45) is 3.93. The predicted molar refractivity (Wildman–Crippen MR) is 136 cm³/mol. The molecule has 2 aliphatic rings. The fourth-order valence-electron chi connectivity index (χ4n) is 4.71. The second-order valence-electron chi connectivity index (χ2n) is 8.61. The molecule has 0 radical (unpaired) electrons. The molecule has 2 atom stereocenters. The summed E-state index contributed by atoms with van der Waals surface area (Å²) in [7, 11) is 0. The van der Waals surface area contributed by atoms with Crippen molar-refractivity contribution in [2.24, 2.45) is 0 Å². The lowest BCUT2D eigenvalue weighted by atomic mass is 10.0. The maximum Gasteiger partial charge on any atom is 0.231 e. The van der Waals surface area contributed by atoms with Crippen molar-refractivity contribution in [2.45, 2.75) is 25.9 Å². The van der Waals surface area contributed by atoms with Crippen molar-refractivity contribution >= 4 is 23.0 Å². The van der Waals surface area contributed by atoms with Gasteiger partial charge in [0.25, 0.3) is 0 Å². The van der Waals surface area contributed by atoms with Crippen molar-refractivity contribution in [3.05, 3.63) is 102 Å². The van der Waals surface area contributed by atoms with E-state index in [0.29, 0.717) is 5.11 Å². The van der Waals surface area contributed by atoms with Crippen molar-refractivity contribution in [1.29, 1.82) is 0 Å². The smallest absolute Gasteiger partial charge is 0.231 e. The van der Waals surface area contributed by atoms with Crippen LogP contribution in [0.15, 0.2) is 79.1 Å². The summed E-state index contributed by atoms with van der Waals surface area (Å²) in [5, 5.41) is 4.18. The lowest BCUT2D eigenvalue weighted by molar-refractivity contribution is 0.174. The number of nitrogens with zero attached hydrogens (tertiary/aromatic N) is 3. The van der Waals surface area contributed by atoms with Crippen LogP contribution in [0.3, 0.4) is 0 Å². The summed E-state index contributed by atoms with van der Waals surface area (Å²) in [6, 6.07) is 22.5. The number of aromatic nitrogens is 2. The predicted octanol–water partition coefficient (Wildman–Crippen LogP) is 5.39. The van der Waals surface area contributed by atoms with Gasteiger partial charge in [0.2, 0.25) is 6.79 Å². The molecule has 0 bridgehead atoms. The van der Waals surface area contributed by atoms with Crippen LogP contribution < -0.4 is 19.7 Å². The molecular formula is C27H24N4O2S. The zero-order chi connectivity index (χ0) is 23.2. The van der Waals surface area contributed by atoms with E-state index >= 15 is 0 Å².